The van der Waals surface area contributed by atoms with Crippen molar-refractivity contribution in [3.8, 4) is 0 Å². The molecule has 0 aliphatic heterocycles. The second-order valence-corrected chi connectivity index (χ2v) is 21.6. The third-order valence-electron chi connectivity index (χ3n) is 14.5. The molecule has 0 saturated carbocycles. The fourth-order valence-electron chi connectivity index (χ4n) is 9.85. The maximum absolute atomic E-state index is 14.3. The van der Waals surface area contributed by atoms with Crippen LogP contribution in [0.1, 0.15) is 84.0 Å². The number of fused-ring (bicyclic) bond motifs is 4. The van der Waals surface area contributed by atoms with Crippen molar-refractivity contribution in [3.63, 3.8) is 0 Å². The van der Waals surface area contributed by atoms with Crippen molar-refractivity contribution in [3.05, 3.63) is 72.8 Å². The van der Waals surface area contributed by atoms with Crippen molar-refractivity contribution in [1.29, 1.82) is 0 Å². The standard InChI is InChI=1S/C60H87N15O5/c1-38(76)66-48(21-13-17-33-65-56-45-28-24-41(74(6)7)36-53(45)68-54-37-42(75(8)9)25-29-46(54)56)58(78)70-50(20-11-15-31-62)60(80)71-49(19-10-14-30-61)59(79)69-47(57(63)77)18-12-16-32-64-55-43-26-22-39(72(2)3)34-51(43)67-52-35-40(73(4)5)23-27-44(52)55/h22-29,34-37,47-50H,10-21,30-33,61-62H2,1-9H3,(H2,63,77)(H,64,67)(H,65,68)(H,66,76)(H,69,79)(H,70,78)(H,71,80)/t47-,48-,49?,50?/m0/s1. The van der Waals surface area contributed by atoms with Crippen molar-refractivity contribution < 1.29 is 24.0 Å². The molecule has 2 unspecified atom stereocenters. The highest BCUT2D eigenvalue weighted by Gasteiger charge is 2.31. The molecule has 12 N–H and O–H groups in total. The number of unbranched alkanes of at least 4 members (excludes halogenated alkanes) is 4. The summed E-state index contributed by atoms with van der Waals surface area (Å²) in [7, 11) is 16.0. The van der Waals surface area contributed by atoms with Gasteiger partial charge in [-0.25, -0.2) is 9.97 Å². The summed E-state index contributed by atoms with van der Waals surface area (Å²) < 4.78 is 0. The van der Waals surface area contributed by atoms with Gasteiger partial charge in [0.25, 0.3) is 0 Å². The van der Waals surface area contributed by atoms with Gasteiger partial charge in [0.2, 0.25) is 29.5 Å². The second kappa shape index (κ2) is 29.5. The highest BCUT2D eigenvalue weighted by Crippen LogP contribution is 2.36. The Labute approximate surface area is 471 Å². The fourth-order valence-corrected chi connectivity index (χ4v) is 9.85. The minimum Gasteiger partial charge on any atom is -0.384 e. The number of aromatic nitrogens is 2. The molecule has 4 aromatic carbocycles. The number of carbonyl (C=O) groups is 5. The molecule has 0 aliphatic carbocycles. The molecule has 2 aromatic heterocycles. The van der Waals surface area contributed by atoms with E-state index in [1.54, 1.807) is 0 Å². The Morgan fingerprint density at radius 3 is 1.00 bits per heavy atom. The molecule has 2 heterocycles. The lowest BCUT2D eigenvalue weighted by Gasteiger charge is -2.26. The molecule has 432 valence electrons. The lowest BCUT2D eigenvalue weighted by Crippen LogP contribution is -2.58. The number of primary amides is 1. The number of nitrogens with two attached hydrogens (primary N) is 3. The van der Waals surface area contributed by atoms with E-state index in [9.17, 15) is 24.0 Å². The predicted octanol–water partition coefficient (Wildman–Crippen LogP) is 5.92. The zero-order valence-corrected chi connectivity index (χ0v) is 48.5. The number of carbonyl (C=O) groups excluding carboxylic acids is 5. The first-order valence-electron chi connectivity index (χ1n) is 28.1. The van der Waals surface area contributed by atoms with Gasteiger partial charge in [-0.15, -0.1) is 0 Å². The van der Waals surface area contributed by atoms with Gasteiger partial charge in [0.1, 0.15) is 24.2 Å². The zero-order chi connectivity index (χ0) is 58.0. The van der Waals surface area contributed by atoms with Crippen molar-refractivity contribution in [2.75, 3.05) is 113 Å². The molecule has 0 fully saturated rings. The highest BCUT2D eigenvalue weighted by atomic mass is 16.2. The molecular formula is C60H87N15O5. The Morgan fingerprint density at radius 1 is 0.425 bits per heavy atom. The number of amides is 5. The molecule has 4 atom stereocenters. The number of benzene rings is 4. The van der Waals surface area contributed by atoms with Gasteiger partial charge in [0.15, 0.2) is 0 Å². The van der Waals surface area contributed by atoms with Gasteiger partial charge in [-0.2, -0.15) is 0 Å². The Bertz CT molecular complexity index is 2960. The van der Waals surface area contributed by atoms with Crippen molar-refractivity contribution in [1.82, 2.24) is 31.2 Å². The van der Waals surface area contributed by atoms with Crippen LogP contribution in [0.15, 0.2) is 72.8 Å². The third kappa shape index (κ3) is 16.7. The Balaban J connectivity index is 1.08. The van der Waals surface area contributed by atoms with Crippen LogP contribution in [0, 0.1) is 0 Å². The molecule has 20 nitrogen and oxygen atoms in total. The van der Waals surface area contributed by atoms with Gasteiger partial charge < -0.3 is 68.7 Å². The lowest BCUT2D eigenvalue weighted by molar-refractivity contribution is -0.134. The molecule has 0 bridgehead atoms. The molecule has 5 amide bonds. The van der Waals surface area contributed by atoms with Crippen LogP contribution in [0.25, 0.3) is 43.6 Å². The second-order valence-electron chi connectivity index (χ2n) is 21.6. The average molecular weight is 1100 g/mol. The van der Waals surface area contributed by atoms with Gasteiger partial charge in [-0.1, -0.05) is 0 Å². The minimum atomic E-state index is -1.06. The number of anilines is 6. The lowest BCUT2D eigenvalue weighted by atomic mass is 10.0. The van der Waals surface area contributed by atoms with Crippen LogP contribution in [-0.2, 0) is 24.0 Å². The fraction of sp³-hybridized carbons (Fsp3) is 0.483. The van der Waals surface area contributed by atoms with Gasteiger partial charge in [-0.05, 0) is 163 Å². The summed E-state index contributed by atoms with van der Waals surface area (Å²) in [5.41, 5.74) is 27.1. The topological polar surface area (TPSA) is 274 Å². The van der Waals surface area contributed by atoms with E-state index in [-0.39, 0.29) is 25.2 Å². The SMILES string of the molecule is CC(=O)N[C@@H](CCCCNc1c2ccc(N(C)C)cc2nc2cc(N(C)C)ccc12)C(=O)NC(CCCCN)C(=O)NC(CCCCN)C(=O)N[C@@H](CCCCNc1c2ccc(N(C)C)cc2nc2cc(N(C)C)ccc12)C(N)=O. The normalized spacial score (nSPS) is 12.8. The van der Waals surface area contributed by atoms with E-state index in [0.717, 1.165) is 77.7 Å². The van der Waals surface area contributed by atoms with Crippen molar-refractivity contribution in [2.45, 2.75) is 108 Å². The number of rotatable bonds is 32. The first-order chi connectivity index (χ1) is 38.3. The third-order valence-corrected chi connectivity index (χ3v) is 14.5. The van der Waals surface area contributed by atoms with Crippen LogP contribution in [0.4, 0.5) is 34.1 Å². The van der Waals surface area contributed by atoms with Gasteiger partial charge in [-0.3, -0.25) is 24.0 Å². The van der Waals surface area contributed by atoms with Gasteiger partial charge >= 0.3 is 0 Å². The van der Waals surface area contributed by atoms with E-state index >= 15 is 0 Å². The molecule has 6 aromatic rings. The first kappa shape index (κ1) is 61.5. The molecule has 6 rings (SSSR count). The summed E-state index contributed by atoms with van der Waals surface area (Å²) in [5, 5.41) is 22.6. The summed E-state index contributed by atoms with van der Waals surface area (Å²) in [6.07, 6.45) is 5.71. The van der Waals surface area contributed by atoms with E-state index in [4.69, 9.17) is 27.2 Å². The monoisotopic (exact) mass is 1100 g/mol. The number of hydrogen-bond donors (Lipinski definition) is 9. The molecular weight excluding hydrogens is 1010 g/mol. The molecule has 0 saturated heterocycles. The van der Waals surface area contributed by atoms with Crippen molar-refractivity contribution >= 4 is 107 Å². The van der Waals surface area contributed by atoms with E-state index < -0.39 is 47.8 Å². The smallest absolute Gasteiger partial charge is 0.243 e. The Hall–Kier alpha value is -7.71. The van der Waals surface area contributed by atoms with E-state index in [0.29, 0.717) is 84.0 Å². The number of pyridine rings is 2. The highest BCUT2D eigenvalue weighted by molar-refractivity contribution is 6.10. The maximum atomic E-state index is 14.3. The van der Waals surface area contributed by atoms with Crippen LogP contribution in [0.5, 0.6) is 0 Å². The van der Waals surface area contributed by atoms with Crippen LogP contribution in [-0.4, -0.2) is 146 Å². The van der Waals surface area contributed by atoms with Crippen LogP contribution >= 0.6 is 0 Å². The zero-order valence-electron chi connectivity index (χ0n) is 48.5. The van der Waals surface area contributed by atoms with E-state index in [2.05, 4.69) is 105 Å². The van der Waals surface area contributed by atoms with Crippen LogP contribution in [0.3, 0.4) is 0 Å². The number of nitrogens with one attached hydrogen (secondary N) is 6. The summed E-state index contributed by atoms with van der Waals surface area (Å²) in [6, 6.07) is 20.9. The first-order valence-corrected chi connectivity index (χ1v) is 28.1. The largest absolute Gasteiger partial charge is 0.384 e. The summed E-state index contributed by atoms with van der Waals surface area (Å²) >= 11 is 0. The van der Waals surface area contributed by atoms with Gasteiger partial charge in [0.05, 0.1) is 33.4 Å². The maximum Gasteiger partial charge on any atom is 0.243 e. The molecule has 0 spiro atoms. The van der Waals surface area contributed by atoms with Crippen LogP contribution < -0.4 is 68.7 Å². The summed E-state index contributed by atoms with van der Waals surface area (Å²) in [4.78, 5) is 86.1. The molecule has 80 heavy (non-hydrogen) atoms. The molecule has 20 heteroatoms. The quantitative estimate of drug-likeness (QED) is 0.0175. The Morgan fingerprint density at radius 2 is 0.713 bits per heavy atom. The number of nitrogens with zero attached hydrogens (tertiary/aromatic N) is 6. The Kier molecular flexibility index (Phi) is 22.7. The molecule has 0 radical (unpaired) electrons. The molecule has 0 aliphatic rings. The van der Waals surface area contributed by atoms with Gasteiger partial charge in [0, 0.05) is 121 Å². The van der Waals surface area contributed by atoms with Crippen molar-refractivity contribution in [2.24, 2.45) is 17.2 Å². The summed E-state index contributed by atoms with van der Waals surface area (Å²) in [6.45, 7) is 3.27. The van der Waals surface area contributed by atoms with E-state index in [1.807, 2.05) is 76.0 Å². The van der Waals surface area contributed by atoms with Crippen LogP contribution in [0.2, 0.25) is 0 Å². The average Bonchev–Trinajstić information content (AvgIpc) is 3.49. The minimum absolute atomic E-state index is 0.232. The predicted molar refractivity (Wildman–Crippen MR) is 329 cm³/mol. The van der Waals surface area contributed by atoms with E-state index in [1.165, 1.54) is 6.92 Å². The summed E-state index contributed by atoms with van der Waals surface area (Å²) in [5.74, 6) is -2.74. The number of hydrogen-bond acceptors (Lipinski definition) is 15.